The normalized spacial score (nSPS) is 10.7. The highest BCUT2D eigenvalue weighted by Gasteiger charge is 2.12. The van der Waals surface area contributed by atoms with Crippen LogP contribution in [0, 0.1) is 0 Å². The number of benzene rings is 1. The number of nitrogens with zero attached hydrogens (tertiary/aromatic N) is 3. The number of methoxy groups -OCH3 is 2. The number of pyridine rings is 1. The van der Waals surface area contributed by atoms with Gasteiger partial charge in [0.1, 0.15) is 5.69 Å². The van der Waals surface area contributed by atoms with Crippen molar-refractivity contribution in [1.29, 1.82) is 0 Å². The van der Waals surface area contributed by atoms with Crippen molar-refractivity contribution < 1.29 is 9.47 Å². The van der Waals surface area contributed by atoms with Gasteiger partial charge in [-0.25, -0.2) is 4.98 Å². The molecule has 2 heterocycles. The molecule has 20 heavy (non-hydrogen) atoms. The molecule has 0 N–H and O–H groups in total. The Bertz CT molecular complexity index is 737. The van der Waals surface area contributed by atoms with E-state index in [2.05, 4.69) is 9.97 Å². The Morgan fingerprint density at radius 1 is 1.05 bits per heavy atom. The molecule has 0 saturated carbocycles. The van der Waals surface area contributed by atoms with Crippen LogP contribution in [0.2, 0.25) is 0 Å². The summed E-state index contributed by atoms with van der Waals surface area (Å²) in [4.78, 5) is 8.76. The number of imidazole rings is 1. The smallest absolute Gasteiger partial charge is 0.184 e. The van der Waals surface area contributed by atoms with Crippen molar-refractivity contribution >= 4 is 11.0 Å². The summed E-state index contributed by atoms with van der Waals surface area (Å²) in [6, 6.07) is 9.78. The summed E-state index contributed by atoms with van der Waals surface area (Å²) in [6.07, 6.45) is 3.53. The average Bonchev–Trinajstić information content (AvgIpc) is 2.90. The van der Waals surface area contributed by atoms with Crippen LogP contribution in [0.4, 0.5) is 0 Å². The Morgan fingerprint density at radius 3 is 2.70 bits per heavy atom. The number of ether oxygens (including phenoxy) is 2. The summed E-state index contributed by atoms with van der Waals surface area (Å²) in [5, 5.41) is 0. The molecule has 0 aliphatic rings. The van der Waals surface area contributed by atoms with Crippen LogP contribution >= 0.6 is 0 Å². The Labute approximate surface area is 116 Å². The van der Waals surface area contributed by atoms with Crippen molar-refractivity contribution in [2.75, 3.05) is 14.2 Å². The molecule has 3 rings (SSSR count). The molecule has 3 aromatic rings. The highest BCUT2D eigenvalue weighted by atomic mass is 16.5. The van der Waals surface area contributed by atoms with Crippen LogP contribution in [0.15, 0.2) is 42.9 Å². The van der Waals surface area contributed by atoms with E-state index in [0.29, 0.717) is 18.0 Å². The molecule has 5 nitrogen and oxygen atoms in total. The van der Waals surface area contributed by atoms with Crippen molar-refractivity contribution in [3.8, 4) is 11.5 Å². The van der Waals surface area contributed by atoms with Gasteiger partial charge in [0.2, 0.25) is 0 Å². The van der Waals surface area contributed by atoms with Gasteiger partial charge in [-0.15, -0.1) is 0 Å². The van der Waals surface area contributed by atoms with Crippen LogP contribution in [0.5, 0.6) is 11.5 Å². The van der Waals surface area contributed by atoms with Crippen LogP contribution in [-0.2, 0) is 6.54 Å². The van der Waals surface area contributed by atoms with E-state index < -0.39 is 0 Å². The second kappa shape index (κ2) is 5.21. The zero-order valence-electron chi connectivity index (χ0n) is 11.4. The predicted molar refractivity (Wildman–Crippen MR) is 76.2 cm³/mol. The number of hydrogen-bond donors (Lipinski definition) is 0. The minimum absolute atomic E-state index is 0.584. The molecule has 0 aliphatic carbocycles. The summed E-state index contributed by atoms with van der Waals surface area (Å²) in [7, 11) is 3.24. The van der Waals surface area contributed by atoms with Crippen LogP contribution in [0.25, 0.3) is 11.0 Å². The topological polar surface area (TPSA) is 49.2 Å². The maximum atomic E-state index is 5.41. The van der Waals surface area contributed by atoms with Gasteiger partial charge >= 0.3 is 0 Å². The third-order valence-electron chi connectivity index (χ3n) is 3.21. The second-order valence-electron chi connectivity index (χ2n) is 4.35. The van der Waals surface area contributed by atoms with Crippen LogP contribution in [0.3, 0.4) is 0 Å². The van der Waals surface area contributed by atoms with Gasteiger partial charge in [0.15, 0.2) is 11.5 Å². The fourth-order valence-electron chi connectivity index (χ4n) is 2.26. The van der Waals surface area contributed by atoms with Gasteiger partial charge in [-0.2, -0.15) is 0 Å². The number of fused-ring (bicyclic) bond motifs is 1. The van der Waals surface area contributed by atoms with Crippen LogP contribution in [-0.4, -0.2) is 28.8 Å². The van der Waals surface area contributed by atoms with Crippen molar-refractivity contribution in [3.63, 3.8) is 0 Å². The minimum atomic E-state index is 0.584. The molecule has 0 saturated heterocycles. The number of rotatable bonds is 4. The predicted octanol–water partition coefficient (Wildman–Crippen LogP) is 2.50. The van der Waals surface area contributed by atoms with Gasteiger partial charge in [0.25, 0.3) is 0 Å². The van der Waals surface area contributed by atoms with Crippen LogP contribution in [0.1, 0.15) is 5.69 Å². The van der Waals surface area contributed by atoms with Crippen molar-refractivity contribution in [3.05, 3.63) is 48.5 Å². The van der Waals surface area contributed by atoms with Gasteiger partial charge in [0.05, 0.1) is 38.1 Å². The lowest BCUT2D eigenvalue weighted by atomic mass is 10.2. The molecule has 0 spiro atoms. The van der Waals surface area contributed by atoms with Crippen LogP contribution < -0.4 is 9.47 Å². The highest BCUT2D eigenvalue weighted by Crippen LogP contribution is 2.29. The maximum absolute atomic E-state index is 5.41. The van der Waals surface area contributed by atoms with Gasteiger partial charge in [-0.1, -0.05) is 12.1 Å². The molecular formula is C15H15N3O2. The molecule has 0 bridgehead atoms. The molecule has 0 radical (unpaired) electrons. The standard InChI is InChI=1S/C15H15N3O2/c1-19-14-7-8-16-12(15(14)20-2)9-18-10-17-11-5-3-4-6-13(11)18/h3-8,10H,9H2,1-2H3. The fourth-order valence-corrected chi connectivity index (χ4v) is 2.26. The lowest BCUT2D eigenvalue weighted by Gasteiger charge is -2.12. The molecule has 0 aliphatic heterocycles. The van der Waals surface area contributed by atoms with Crippen molar-refractivity contribution in [1.82, 2.24) is 14.5 Å². The number of hydrogen-bond acceptors (Lipinski definition) is 4. The molecule has 2 aromatic heterocycles. The van der Waals surface area contributed by atoms with E-state index in [9.17, 15) is 0 Å². The SMILES string of the molecule is COc1ccnc(Cn2cnc3ccccc32)c1OC. The van der Waals surface area contributed by atoms with Gasteiger partial charge in [0, 0.05) is 12.3 Å². The summed E-state index contributed by atoms with van der Waals surface area (Å²) < 4.78 is 12.7. The second-order valence-corrected chi connectivity index (χ2v) is 4.35. The molecule has 102 valence electrons. The largest absolute Gasteiger partial charge is 0.493 e. The summed E-state index contributed by atoms with van der Waals surface area (Å²) in [6.45, 7) is 0.584. The first kappa shape index (κ1) is 12.5. The highest BCUT2D eigenvalue weighted by molar-refractivity contribution is 5.75. The Hall–Kier alpha value is -2.56. The lowest BCUT2D eigenvalue weighted by molar-refractivity contribution is 0.348. The molecule has 5 heteroatoms. The Balaban J connectivity index is 2.03. The molecule has 0 atom stereocenters. The molecular weight excluding hydrogens is 254 g/mol. The quantitative estimate of drug-likeness (QED) is 0.730. The van der Waals surface area contributed by atoms with E-state index in [1.165, 1.54) is 0 Å². The van der Waals surface area contributed by atoms with E-state index in [4.69, 9.17) is 9.47 Å². The van der Waals surface area contributed by atoms with Gasteiger partial charge in [-0.3, -0.25) is 4.98 Å². The summed E-state index contributed by atoms with van der Waals surface area (Å²) >= 11 is 0. The van der Waals surface area contributed by atoms with E-state index in [1.54, 1.807) is 26.5 Å². The first-order valence-electron chi connectivity index (χ1n) is 6.29. The summed E-state index contributed by atoms with van der Waals surface area (Å²) in [5.41, 5.74) is 2.85. The third kappa shape index (κ3) is 2.07. The van der Waals surface area contributed by atoms with E-state index in [-0.39, 0.29) is 0 Å². The fraction of sp³-hybridized carbons (Fsp3) is 0.200. The molecule has 1 aromatic carbocycles. The van der Waals surface area contributed by atoms with Crippen molar-refractivity contribution in [2.45, 2.75) is 6.54 Å². The first-order chi connectivity index (χ1) is 9.83. The first-order valence-corrected chi connectivity index (χ1v) is 6.29. The monoisotopic (exact) mass is 269 g/mol. The average molecular weight is 269 g/mol. The minimum Gasteiger partial charge on any atom is -0.493 e. The Morgan fingerprint density at radius 2 is 1.90 bits per heavy atom. The number of para-hydroxylation sites is 2. The molecule has 0 unspecified atom stereocenters. The zero-order valence-corrected chi connectivity index (χ0v) is 11.4. The van der Waals surface area contributed by atoms with E-state index in [0.717, 1.165) is 16.7 Å². The van der Waals surface area contributed by atoms with Gasteiger partial charge < -0.3 is 14.0 Å². The maximum Gasteiger partial charge on any atom is 0.184 e. The van der Waals surface area contributed by atoms with E-state index in [1.807, 2.05) is 35.2 Å². The molecule has 0 fully saturated rings. The van der Waals surface area contributed by atoms with E-state index >= 15 is 0 Å². The number of aromatic nitrogens is 3. The zero-order chi connectivity index (χ0) is 13.9. The van der Waals surface area contributed by atoms with Gasteiger partial charge in [-0.05, 0) is 12.1 Å². The Kier molecular flexibility index (Phi) is 3.25. The lowest BCUT2D eigenvalue weighted by Crippen LogP contribution is -2.04. The third-order valence-corrected chi connectivity index (χ3v) is 3.21. The van der Waals surface area contributed by atoms with Crippen molar-refractivity contribution in [2.24, 2.45) is 0 Å². The molecule has 0 amide bonds. The summed E-state index contributed by atoms with van der Waals surface area (Å²) in [5.74, 6) is 1.34.